The number of rotatable bonds is 2. The topological polar surface area (TPSA) is 109 Å². The van der Waals surface area contributed by atoms with Crippen LogP contribution in [0.2, 0.25) is 0 Å². The first kappa shape index (κ1) is 22.2. The van der Waals surface area contributed by atoms with Gasteiger partial charge in [-0.05, 0) is 63.6 Å². The Bertz CT molecular complexity index is 633. The molecule has 1 fully saturated rings. The van der Waals surface area contributed by atoms with Crippen LogP contribution >= 0.6 is 0 Å². The molecule has 28 heavy (non-hydrogen) atoms. The Hall–Kier alpha value is -2.12. The van der Waals surface area contributed by atoms with Crippen molar-refractivity contribution in [1.29, 1.82) is 0 Å². The second-order valence-electron chi connectivity index (χ2n) is 7.33. The lowest BCUT2D eigenvalue weighted by Crippen LogP contribution is -2.42. The van der Waals surface area contributed by atoms with Gasteiger partial charge in [0.1, 0.15) is 0 Å². The number of nitrogen functional groups attached to an aromatic ring is 1. The van der Waals surface area contributed by atoms with Crippen molar-refractivity contribution in [2.24, 2.45) is 21.6 Å². The van der Waals surface area contributed by atoms with E-state index >= 15 is 0 Å². The highest BCUT2D eigenvalue weighted by Crippen LogP contribution is 2.15. The summed E-state index contributed by atoms with van der Waals surface area (Å²) in [6.07, 6.45) is 8.07. The van der Waals surface area contributed by atoms with E-state index in [1.165, 1.54) is 19.3 Å². The van der Waals surface area contributed by atoms with E-state index in [1.54, 1.807) is 5.01 Å². The van der Waals surface area contributed by atoms with Gasteiger partial charge in [0.15, 0.2) is 5.84 Å². The number of hydrogen-bond donors (Lipinski definition) is 3. The predicted octanol–water partition coefficient (Wildman–Crippen LogP) is 2.57. The van der Waals surface area contributed by atoms with Gasteiger partial charge in [-0.1, -0.05) is 19.1 Å². The number of hydrogen-bond acceptors (Lipinski definition) is 7. The Morgan fingerprint density at radius 3 is 2.36 bits per heavy atom. The molecule has 156 valence electrons. The molecule has 2 heterocycles. The zero-order valence-electron chi connectivity index (χ0n) is 17.3. The standard InChI is InChI=1S/C18H28N6.C3H9N/c19-16-9-7-8-15(14-16)17-22-18(23-11-4-2-5-12-23)21-10-3-1-6-13-24(17)20;1-2-3-4/h7-9,14H,1-6,10-13,19-20H2;2-4H2,1H3/b21-18?,22-17-;. The van der Waals surface area contributed by atoms with Crippen LogP contribution < -0.4 is 17.3 Å². The lowest BCUT2D eigenvalue weighted by molar-refractivity contribution is 0.336. The van der Waals surface area contributed by atoms with Crippen LogP contribution in [0, 0.1) is 0 Å². The molecular formula is C21H37N7. The van der Waals surface area contributed by atoms with E-state index in [0.717, 1.165) is 81.5 Å². The average molecular weight is 388 g/mol. The summed E-state index contributed by atoms with van der Waals surface area (Å²) in [7, 11) is 0. The minimum Gasteiger partial charge on any atom is -0.399 e. The van der Waals surface area contributed by atoms with Crippen molar-refractivity contribution in [2.75, 3.05) is 38.5 Å². The molecule has 1 saturated heterocycles. The molecule has 7 heteroatoms. The van der Waals surface area contributed by atoms with Gasteiger partial charge < -0.3 is 16.4 Å². The molecule has 0 spiro atoms. The van der Waals surface area contributed by atoms with Crippen LogP contribution in [0.4, 0.5) is 5.69 Å². The molecule has 2 aliphatic heterocycles. The van der Waals surface area contributed by atoms with Gasteiger partial charge in [-0.15, -0.1) is 0 Å². The zero-order chi connectivity index (χ0) is 20.2. The number of guanidine groups is 1. The molecule has 0 radical (unpaired) electrons. The molecule has 6 N–H and O–H groups in total. The number of piperidine rings is 1. The number of anilines is 1. The Morgan fingerprint density at radius 2 is 1.68 bits per heavy atom. The number of amidine groups is 1. The quantitative estimate of drug-likeness (QED) is 0.534. The van der Waals surface area contributed by atoms with Crippen LogP contribution in [0.25, 0.3) is 0 Å². The number of hydrazine groups is 1. The first-order chi connectivity index (χ1) is 13.7. The van der Waals surface area contributed by atoms with E-state index in [4.69, 9.17) is 27.3 Å². The lowest BCUT2D eigenvalue weighted by Gasteiger charge is -2.29. The van der Waals surface area contributed by atoms with E-state index < -0.39 is 0 Å². The minimum atomic E-state index is 0.720. The van der Waals surface area contributed by atoms with Crippen molar-refractivity contribution in [3.8, 4) is 0 Å². The fourth-order valence-corrected chi connectivity index (χ4v) is 3.22. The summed E-state index contributed by atoms with van der Waals surface area (Å²) < 4.78 is 0. The SMILES string of the molecule is CCCN.Nc1cccc(/C2=N/C(N3CCCCC3)=NCCCCCN2N)c1. The second-order valence-corrected chi connectivity index (χ2v) is 7.33. The Labute approximate surface area is 169 Å². The molecule has 3 rings (SSSR count). The summed E-state index contributed by atoms with van der Waals surface area (Å²) in [6, 6.07) is 7.76. The van der Waals surface area contributed by atoms with Gasteiger partial charge in [0.25, 0.3) is 0 Å². The highest BCUT2D eigenvalue weighted by molar-refractivity contribution is 6.06. The zero-order valence-corrected chi connectivity index (χ0v) is 17.3. The highest BCUT2D eigenvalue weighted by atomic mass is 15.4. The summed E-state index contributed by atoms with van der Waals surface area (Å²) in [5, 5.41) is 1.75. The Morgan fingerprint density at radius 1 is 1.00 bits per heavy atom. The number of aliphatic imine (C=N–C) groups is 2. The minimum absolute atomic E-state index is 0.720. The van der Waals surface area contributed by atoms with Crippen molar-refractivity contribution in [2.45, 2.75) is 51.9 Å². The molecule has 1 aromatic rings. The molecule has 1 aromatic carbocycles. The Balaban J connectivity index is 0.000000640. The second kappa shape index (κ2) is 12.4. The third kappa shape index (κ3) is 7.13. The van der Waals surface area contributed by atoms with E-state index in [2.05, 4.69) is 11.8 Å². The molecular weight excluding hydrogens is 350 g/mol. The van der Waals surface area contributed by atoms with E-state index in [-0.39, 0.29) is 0 Å². The fourth-order valence-electron chi connectivity index (χ4n) is 3.22. The smallest absolute Gasteiger partial charge is 0.222 e. The van der Waals surface area contributed by atoms with E-state index in [9.17, 15) is 0 Å². The number of benzene rings is 1. The van der Waals surface area contributed by atoms with Crippen LogP contribution in [0.3, 0.4) is 0 Å². The van der Waals surface area contributed by atoms with Gasteiger partial charge in [-0.2, -0.15) is 4.99 Å². The maximum absolute atomic E-state index is 6.33. The first-order valence-electron chi connectivity index (χ1n) is 10.6. The molecule has 0 amide bonds. The summed E-state index contributed by atoms with van der Waals surface area (Å²) in [5.74, 6) is 7.91. The normalized spacial score (nSPS) is 20.4. The number of likely N-dealkylation sites (tertiary alicyclic amines) is 1. The van der Waals surface area contributed by atoms with Crippen molar-refractivity contribution in [3.63, 3.8) is 0 Å². The molecule has 0 aromatic heterocycles. The lowest BCUT2D eigenvalue weighted by atomic mass is 10.1. The van der Waals surface area contributed by atoms with Crippen LogP contribution in [0.1, 0.15) is 57.4 Å². The molecule has 0 bridgehead atoms. The molecule has 0 atom stereocenters. The molecule has 0 aliphatic carbocycles. The third-order valence-corrected chi connectivity index (χ3v) is 4.86. The predicted molar refractivity (Wildman–Crippen MR) is 119 cm³/mol. The summed E-state index contributed by atoms with van der Waals surface area (Å²) in [4.78, 5) is 12.0. The van der Waals surface area contributed by atoms with Crippen LogP contribution in [-0.4, -0.2) is 54.4 Å². The van der Waals surface area contributed by atoms with Gasteiger partial charge in [-0.3, -0.25) is 10.0 Å². The maximum atomic E-state index is 6.33. The summed E-state index contributed by atoms with van der Waals surface area (Å²) in [6.45, 7) is 6.55. The first-order valence-corrected chi connectivity index (χ1v) is 10.6. The third-order valence-electron chi connectivity index (χ3n) is 4.86. The summed E-state index contributed by atoms with van der Waals surface area (Å²) >= 11 is 0. The number of nitrogens with zero attached hydrogens (tertiary/aromatic N) is 4. The monoisotopic (exact) mass is 387 g/mol. The van der Waals surface area contributed by atoms with Gasteiger partial charge in [-0.25, -0.2) is 5.84 Å². The van der Waals surface area contributed by atoms with Gasteiger partial charge in [0.2, 0.25) is 5.96 Å². The van der Waals surface area contributed by atoms with Crippen LogP contribution in [-0.2, 0) is 0 Å². The van der Waals surface area contributed by atoms with Gasteiger partial charge in [0.05, 0.1) is 0 Å². The largest absolute Gasteiger partial charge is 0.399 e. The molecule has 0 unspecified atom stereocenters. The number of nitrogens with two attached hydrogens (primary N) is 3. The van der Waals surface area contributed by atoms with E-state index in [1.807, 2.05) is 24.3 Å². The molecule has 2 aliphatic rings. The van der Waals surface area contributed by atoms with Crippen molar-refractivity contribution in [1.82, 2.24) is 9.91 Å². The van der Waals surface area contributed by atoms with Gasteiger partial charge in [0, 0.05) is 37.4 Å². The van der Waals surface area contributed by atoms with E-state index in [0.29, 0.717) is 0 Å². The average Bonchev–Trinajstić information content (AvgIpc) is 2.73. The van der Waals surface area contributed by atoms with Crippen molar-refractivity contribution in [3.05, 3.63) is 29.8 Å². The molecule has 7 nitrogen and oxygen atoms in total. The van der Waals surface area contributed by atoms with Crippen molar-refractivity contribution >= 4 is 17.5 Å². The maximum Gasteiger partial charge on any atom is 0.222 e. The molecule has 0 saturated carbocycles. The van der Waals surface area contributed by atoms with Gasteiger partial charge >= 0.3 is 0 Å². The van der Waals surface area contributed by atoms with Crippen LogP contribution in [0.5, 0.6) is 0 Å². The highest BCUT2D eigenvalue weighted by Gasteiger charge is 2.18. The Kier molecular flexibility index (Phi) is 9.79. The van der Waals surface area contributed by atoms with Crippen molar-refractivity contribution < 1.29 is 0 Å². The van der Waals surface area contributed by atoms with Crippen LogP contribution in [0.15, 0.2) is 34.3 Å². The fraction of sp³-hybridized carbons (Fsp3) is 0.619. The summed E-state index contributed by atoms with van der Waals surface area (Å²) in [5.41, 5.74) is 12.7.